The molecule has 0 N–H and O–H groups in total. The molecule has 2 unspecified atom stereocenters. The Morgan fingerprint density at radius 1 is 1.45 bits per heavy atom. The van der Waals surface area contributed by atoms with Crippen LogP contribution >= 0.6 is 11.8 Å². The highest BCUT2D eigenvalue weighted by molar-refractivity contribution is 7.99. The van der Waals surface area contributed by atoms with Crippen LogP contribution in [-0.2, 0) is 11.3 Å². The molecule has 2 atom stereocenters. The molecule has 0 bridgehead atoms. The van der Waals surface area contributed by atoms with Gasteiger partial charge >= 0.3 is 0 Å². The molecule has 118 valence electrons. The first-order valence-electron chi connectivity index (χ1n) is 7.97. The van der Waals surface area contributed by atoms with E-state index in [0.29, 0.717) is 17.2 Å². The first-order valence-corrected chi connectivity index (χ1v) is 8.85. The lowest BCUT2D eigenvalue weighted by molar-refractivity contribution is 0.0937. The van der Waals surface area contributed by atoms with Crippen LogP contribution in [0.1, 0.15) is 33.1 Å². The van der Waals surface area contributed by atoms with E-state index in [9.17, 15) is 4.79 Å². The summed E-state index contributed by atoms with van der Waals surface area (Å²) >= 11 is 1.68. The molecule has 1 aliphatic rings. The van der Waals surface area contributed by atoms with E-state index in [-0.39, 0.29) is 11.7 Å². The summed E-state index contributed by atoms with van der Waals surface area (Å²) < 4.78 is 7.53. The Bertz CT molecular complexity index is 707. The summed E-state index contributed by atoms with van der Waals surface area (Å²) in [5.41, 5.74) is 0.828. The monoisotopic (exact) mass is 318 g/mol. The van der Waals surface area contributed by atoms with Gasteiger partial charge in [0.25, 0.3) is 5.56 Å². The van der Waals surface area contributed by atoms with Crippen molar-refractivity contribution >= 4 is 22.7 Å². The molecule has 5 heteroatoms. The van der Waals surface area contributed by atoms with Gasteiger partial charge in [0.05, 0.1) is 23.6 Å². The molecule has 0 radical (unpaired) electrons. The quantitative estimate of drug-likeness (QED) is 0.625. The number of rotatable bonds is 5. The number of benzene rings is 1. The Balaban J connectivity index is 2.05. The summed E-state index contributed by atoms with van der Waals surface area (Å²) in [7, 11) is 0. The van der Waals surface area contributed by atoms with Gasteiger partial charge in [0.1, 0.15) is 0 Å². The molecule has 0 saturated carbocycles. The lowest BCUT2D eigenvalue weighted by Crippen LogP contribution is -2.29. The molecule has 2 heterocycles. The predicted molar refractivity (Wildman–Crippen MR) is 90.6 cm³/mol. The third-order valence-electron chi connectivity index (χ3n) is 4.12. The Hall–Kier alpha value is -1.33. The first-order chi connectivity index (χ1) is 10.7. The van der Waals surface area contributed by atoms with Gasteiger partial charge in [0.2, 0.25) is 0 Å². The number of aromatic nitrogens is 2. The number of ether oxygens (including phenoxy) is 1. The van der Waals surface area contributed by atoms with Crippen LogP contribution in [0, 0.1) is 0 Å². The Kier molecular flexibility index (Phi) is 4.84. The summed E-state index contributed by atoms with van der Waals surface area (Å²) in [5.74, 6) is 0. The van der Waals surface area contributed by atoms with E-state index in [2.05, 4.69) is 13.8 Å². The predicted octanol–water partition coefficient (Wildman–Crippen LogP) is 3.47. The van der Waals surface area contributed by atoms with E-state index < -0.39 is 0 Å². The van der Waals surface area contributed by atoms with E-state index >= 15 is 0 Å². The van der Waals surface area contributed by atoms with Gasteiger partial charge in [0.15, 0.2) is 5.16 Å². The van der Waals surface area contributed by atoms with E-state index in [1.807, 2.05) is 28.8 Å². The number of para-hydroxylation sites is 1. The molecule has 0 amide bonds. The Labute approximate surface area is 134 Å². The highest BCUT2D eigenvalue weighted by Gasteiger charge is 2.20. The van der Waals surface area contributed by atoms with Crippen LogP contribution in [0.25, 0.3) is 10.9 Å². The molecule has 1 aliphatic heterocycles. The van der Waals surface area contributed by atoms with E-state index in [1.54, 1.807) is 11.8 Å². The number of nitrogens with zero attached hydrogens (tertiary/aromatic N) is 2. The fraction of sp³-hybridized carbons (Fsp3) is 0.529. The summed E-state index contributed by atoms with van der Waals surface area (Å²) in [4.78, 5) is 17.6. The summed E-state index contributed by atoms with van der Waals surface area (Å²) in [5, 5.41) is 1.94. The maximum atomic E-state index is 12.9. The molecular formula is C17H22N2O2S. The molecule has 2 aromatic rings. The second-order valence-corrected chi connectivity index (χ2v) is 7.20. The van der Waals surface area contributed by atoms with Crippen molar-refractivity contribution in [2.24, 2.45) is 0 Å². The number of hydrogen-bond acceptors (Lipinski definition) is 4. The largest absolute Gasteiger partial charge is 0.376 e. The van der Waals surface area contributed by atoms with Crippen LogP contribution in [0.5, 0.6) is 0 Å². The topological polar surface area (TPSA) is 44.1 Å². The summed E-state index contributed by atoms with van der Waals surface area (Å²) in [6.07, 6.45) is 3.28. The molecule has 0 aliphatic carbocycles. The van der Waals surface area contributed by atoms with Gasteiger partial charge in [-0.3, -0.25) is 9.36 Å². The van der Waals surface area contributed by atoms with Crippen LogP contribution in [0.3, 0.4) is 0 Å². The van der Waals surface area contributed by atoms with Gasteiger partial charge in [-0.25, -0.2) is 4.98 Å². The third-order valence-corrected chi connectivity index (χ3v) is 5.38. The van der Waals surface area contributed by atoms with Crippen LogP contribution < -0.4 is 5.56 Å². The van der Waals surface area contributed by atoms with Crippen LogP contribution in [0.15, 0.2) is 34.2 Å². The van der Waals surface area contributed by atoms with Crippen LogP contribution in [0.4, 0.5) is 0 Å². The molecular weight excluding hydrogens is 296 g/mol. The smallest absolute Gasteiger partial charge is 0.262 e. The van der Waals surface area contributed by atoms with Crippen molar-refractivity contribution < 1.29 is 4.74 Å². The zero-order valence-electron chi connectivity index (χ0n) is 13.1. The molecule has 22 heavy (non-hydrogen) atoms. The number of hydrogen-bond donors (Lipinski definition) is 0. The van der Waals surface area contributed by atoms with Crippen LogP contribution in [0.2, 0.25) is 0 Å². The molecule has 1 saturated heterocycles. The molecule has 1 aromatic heterocycles. The van der Waals surface area contributed by atoms with Crippen molar-refractivity contribution in [3.05, 3.63) is 34.6 Å². The number of thioether (sulfide) groups is 1. The number of fused-ring (bicyclic) bond motifs is 1. The Morgan fingerprint density at radius 3 is 3.00 bits per heavy atom. The van der Waals surface area contributed by atoms with Gasteiger partial charge in [-0.05, 0) is 31.4 Å². The fourth-order valence-electron chi connectivity index (χ4n) is 2.65. The molecule has 1 fully saturated rings. The minimum absolute atomic E-state index is 0.0481. The average molecular weight is 318 g/mol. The minimum Gasteiger partial charge on any atom is -0.376 e. The first kappa shape index (κ1) is 15.6. The van der Waals surface area contributed by atoms with E-state index in [0.717, 1.165) is 36.5 Å². The SMILES string of the molecule is CCC(C)Sc1nc2ccccc2c(=O)n1CC1CCCO1. The van der Waals surface area contributed by atoms with Crippen molar-refractivity contribution in [2.75, 3.05) is 6.61 Å². The van der Waals surface area contributed by atoms with Gasteiger partial charge in [0, 0.05) is 11.9 Å². The van der Waals surface area contributed by atoms with E-state index in [1.165, 1.54) is 0 Å². The summed E-state index contributed by atoms with van der Waals surface area (Å²) in [6.45, 7) is 5.73. The van der Waals surface area contributed by atoms with Gasteiger partial charge in [-0.2, -0.15) is 0 Å². The van der Waals surface area contributed by atoms with Crippen molar-refractivity contribution in [3.8, 4) is 0 Å². The van der Waals surface area contributed by atoms with Gasteiger partial charge in [-0.15, -0.1) is 0 Å². The second kappa shape index (κ2) is 6.84. The average Bonchev–Trinajstić information content (AvgIpc) is 3.04. The second-order valence-electron chi connectivity index (χ2n) is 5.80. The molecule has 0 spiro atoms. The van der Waals surface area contributed by atoms with Crippen molar-refractivity contribution in [2.45, 2.75) is 56.2 Å². The maximum absolute atomic E-state index is 12.9. The van der Waals surface area contributed by atoms with Gasteiger partial charge in [-0.1, -0.05) is 37.7 Å². The van der Waals surface area contributed by atoms with Crippen molar-refractivity contribution in [3.63, 3.8) is 0 Å². The van der Waals surface area contributed by atoms with Crippen LogP contribution in [-0.4, -0.2) is 27.5 Å². The lowest BCUT2D eigenvalue weighted by Gasteiger charge is -2.18. The van der Waals surface area contributed by atoms with E-state index in [4.69, 9.17) is 9.72 Å². The normalized spacial score (nSPS) is 19.6. The van der Waals surface area contributed by atoms with Crippen molar-refractivity contribution in [1.29, 1.82) is 0 Å². The minimum atomic E-state index is 0.0481. The van der Waals surface area contributed by atoms with Crippen molar-refractivity contribution in [1.82, 2.24) is 9.55 Å². The zero-order chi connectivity index (χ0) is 15.5. The maximum Gasteiger partial charge on any atom is 0.262 e. The molecule has 4 nitrogen and oxygen atoms in total. The van der Waals surface area contributed by atoms with Gasteiger partial charge < -0.3 is 4.74 Å². The Morgan fingerprint density at radius 2 is 2.27 bits per heavy atom. The highest BCUT2D eigenvalue weighted by atomic mass is 32.2. The lowest BCUT2D eigenvalue weighted by atomic mass is 10.2. The highest BCUT2D eigenvalue weighted by Crippen LogP contribution is 2.25. The fourth-order valence-corrected chi connectivity index (χ4v) is 3.62. The molecule has 1 aromatic carbocycles. The standard InChI is InChI=1S/C17H22N2O2S/c1-3-12(2)22-17-18-15-9-5-4-8-14(15)16(20)19(17)11-13-7-6-10-21-13/h4-5,8-9,12-13H,3,6-7,10-11H2,1-2H3. The third kappa shape index (κ3) is 3.20. The molecule has 3 rings (SSSR count). The summed E-state index contributed by atoms with van der Waals surface area (Å²) in [6, 6.07) is 7.59. The zero-order valence-corrected chi connectivity index (χ0v) is 13.9.